The topological polar surface area (TPSA) is 170 Å². The Balaban J connectivity index is 0.000000257. The van der Waals surface area contributed by atoms with Gasteiger partial charge in [0.15, 0.2) is 0 Å². The van der Waals surface area contributed by atoms with Crippen molar-refractivity contribution in [3.63, 3.8) is 0 Å². The summed E-state index contributed by atoms with van der Waals surface area (Å²) < 4.78 is 29.6. The van der Waals surface area contributed by atoms with Crippen LogP contribution in [0.3, 0.4) is 0 Å². The van der Waals surface area contributed by atoms with Crippen LogP contribution in [0, 0.1) is 6.92 Å². The third-order valence-electron chi connectivity index (χ3n) is 2.60. The van der Waals surface area contributed by atoms with Gasteiger partial charge in [0.2, 0.25) is 5.96 Å². The summed E-state index contributed by atoms with van der Waals surface area (Å²) in [4.78, 5) is 3.74. The van der Waals surface area contributed by atoms with Crippen molar-refractivity contribution in [2.75, 3.05) is 0 Å². The minimum absolute atomic E-state index is 0.0121. The van der Waals surface area contributed by atoms with Crippen LogP contribution in [0.2, 0.25) is 0 Å². The van der Waals surface area contributed by atoms with Crippen molar-refractivity contribution in [2.24, 2.45) is 15.9 Å². The van der Waals surface area contributed by atoms with Crippen molar-refractivity contribution in [3.8, 4) is 5.75 Å². The van der Waals surface area contributed by atoms with Crippen LogP contribution < -0.4 is 11.2 Å². The molecule has 0 bridgehead atoms. The second kappa shape index (κ2) is 9.32. The second-order valence-corrected chi connectivity index (χ2v) is 5.96. The first-order valence-corrected chi connectivity index (χ1v) is 8.12. The number of benzene rings is 1. The normalized spacial score (nSPS) is 11.7. The Kier molecular flexibility index (Phi) is 7.46. The molecule has 0 unspecified atom stereocenters. The number of hydrogen-bond donors (Lipinski definition) is 5. The molecule has 0 atom stereocenters. The third-order valence-corrected chi connectivity index (χ3v) is 3.46. The number of pyridine rings is 1. The lowest BCUT2D eigenvalue weighted by Gasteiger charge is -1.95. The smallest absolute Gasteiger partial charge is 0.294 e. The molecule has 1 heterocycles. The van der Waals surface area contributed by atoms with Crippen LogP contribution in [0.4, 0.5) is 0 Å². The largest absolute Gasteiger partial charge is 0.506 e. The summed E-state index contributed by atoms with van der Waals surface area (Å²) in [6, 6.07) is 9.03. The number of nitrogens with zero attached hydrogens (tertiary/aromatic N) is 3. The third kappa shape index (κ3) is 7.39. The van der Waals surface area contributed by atoms with Crippen LogP contribution in [-0.4, -0.2) is 40.4 Å². The van der Waals surface area contributed by atoms with Crippen molar-refractivity contribution in [1.82, 2.24) is 10.5 Å². The fourth-order valence-corrected chi connectivity index (χ4v) is 1.87. The van der Waals surface area contributed by atoms with E-state index in [4.69, 9.17) is 15.5 Å². The average molecular weight is 367 g/mol. The molecule has 0 amide bonds. The predicted molar refractivity (Wildman–Crippen MR) is 91.0 cm³/mol. The number of aromatic hydroxyl groups is 1. The maximum absolute atomic E-state index is 10.5. The molecule has 0 aliphatic rings. The summed E-state index contributed by atoms with van der Waals surface area (Å²) in [5.41, 5.74) is 7.89. The summed E-state index contributed by atoms with van der Waals surface area (Å²) in [6.45, 7) is 1.84. The monoisotopic (exact) mass is 367 g/mol. The maximum Gasteiger partial charge on any atom is 0.294 e. The number of nitrogens with two attached hydrogens (primary N) is 1. The number of aromatic nitrogens is 1. The molecular formula is C14H17N5O5S. The van der Waals surface area contributed by atoms with Crippen LogP contribution in [0.5, 0.6) is 5.75 Å². The lowest BCUT2D eigenvalue weighted by atomic mass is 10.2. The molecule has 0 saturated carbocycles. The highest BCUT2D eigenvalue weighted by Gasteiger charge is 2.06. The van der Waals surface area contributed by atoms with E-state index in [1.807, 2.05) is 6.92 Å². The highest BCUT2D eigenvalue weighted by atomic mass is 32.2. The highest BCUT2D eigenvalue weighted by molar-refractivity contribution is 7.85. The average Bonchev–Trinajstić information content (AvgIpc) is 2.56. The zero-order valence-electron chi connectivity index (χ0n) is 13.1. The highest BCUT2D eigenvalue weighted by Crippen LogP contribution is 2.09. The fraction of sp³-hybridized carbons (Fsp3) is 0.0714. The van der Waals surface area contributed by atoms with Crippen molar-refractivity contribution < 1.29 is 23.3 Å². The van der Waals surface area contributed by atoms with Gasteiger partial charge in [0, 0.05) is 6.20 Å². The summed E-state index contributed by atoms with van der Waals surface area (Å²) in [7, 11) is -4.02. The van der Waals surface area contributed by atoms with E-state index in [1.54, 1.807) is 23.7 Å². The van der Waals surface area contributed by atoms with E-state index in [1.165, 1.54) is 30.6 Å². The van der Waals surface area contributed by atoms with Crippen LogP contribution in [0.15, 0.2) is 57.7 Å². The zero-order chi connectivity index (χ0) is 18.9. The van der Waals surface area contributed by atoms with Crippen molar-refractivity contribution in [2.45, 2.75) is 11.8 Å². The van der Waals surface area contributed by atoms with Gasteiger partial charge < -0.3 is 10.8 Å². The van der Waals surface area contributed by atoms with E-state index in [0.717, 1.165) is 5.56 Å². The number of nitrogens with one attached hydrogen (secondary N) is 1. The van der Waals surface area contributed by atoms with Gasteiger partial charge in [0.05, 0.1) is 11.1 Å². The molecule has 0 saturated heterocycles. The van der Waals surface area contributed by atoms with Gasteiger partial charge in [0.25, 0.3) is 10.1 Å². The molecule has 11 heteroatoms. The lowest BCUT2D eigenvalue weighted by Crippen LogP contribution is -2.27. The number of guanidine groups is 1. The van der Waals surface area contributed by atoms with E-state index >= 15 is 0 Å². The van der Waals surface area contributed by atoms with Gasteiger partial charge in [-0.25, -0.2) is 5.48 Å². The lowest BCUT2D eigenvalue weighted by molar-refractivity contribution is 0.232. The Morgan fingerprint density at radius 3 is 2.44 bits per heavy atom. The molecule has 10 nitrogen and oxygen atoms in total. The quantitative estimate of drug-likeness (QED) is 0.228. The minimum Gasteiger partial charge on any atom is -0.506 e. The predicted octanol–water partition coefficient (Wildman–Crippen LogP) is 0.656. The van der Waals surface area contributed by atoms with E-state index in [2.05, 4.69) is 15.2 Å². The van der Waals surface area contributed by atoms with Crippen molar-refractivity contribution in [3.05, 3.63) is 53.9 Å². The molecule has 6 N–H and O–H groups in total. The standard InChI is InChI=1S/C7H9N5O2.C7H8O3S/c8-7(12-14)11-10-4-5-6(13)2-1-3-9-5;1-6-2-4-7(5-3-6)11(8,9)10/h1-4,13-14H,(H3,8,11,12);2-5H,1H3,(H,8,9,10)/b10-4+;. The second-order valence-electron chi connectivity index (χ2n) is 4.54. The Bertz CT molecular complexity index is 850. The van der Waals surface area contributed by atoms with Gasteiger partial charge in [-0.1, -0.05) is 17.7 Å². The van der Waals surface area contributed by atoms with Gasteiger partial charge in [0.1, 0.15) is 11.4 Å². The van der Waals surface area contributed by atoms with Gasteiger partial charge in [-0.2, -0.15) is 13.5 Å². The molecule has 0 radical (unpaired) electrons. The fourth-order valence-electron chi connectivity index (χ4n) is 1.39. The molecule has 1 aromatic heterocycles. The van der Waals surface area contributed by atoms with Crippen LogP contribution in [-0.2, 0) is 10.1 Å². The summed E-state index contributed by atoms with van der Waals surface area (Å²) in [6.07, 6.45) is 2.71. The van der Waals surface area contributed by atoms with Gasteiger partial charge >= 0.3 is 0 Å². The van der Waals surface area contributed by atoms with E-state index in [9.17, 15) is 13.5 Å². The molecule has 0 aliphatic heterocycles. The molecule has 134 valence electrons. The van der Waals surface area contributed by atoms with E-state index < -0.39 is 10.1 Å². The Hall–Kier alpha value is -3.02. The van der Waals surface area contributed by atoms with E-state index in [-0.39, 0.29) is 22.3 Å². The van der Waals surface area contributed by atoms with Gasteiger partial charge in [-0.3, -0.25) is 14.7 Å². The number of aryl methyl sites for hydroxylation is 1. The minimum atomic E-state index is -4.02. The van der Waals surface area contributed by atoms with Crippen LogP contribution in [0.25, 0.3) is 0 Å². The summed E-state index contributed by atoms with van der Waals surface area (Å²) in [5, 5.41) is 24.3. The SMILES string of the molecule is Cc1ccc(S(=O)(=O)O)cc1.N/C(=N\N=C\c1ncccc1O)NO. The number of hydrogen-bond acceptors (Lipinski definition) is 7. The van der Waals surface area contributed by atoms with Gasteiger partial charge in [-0.05, 0) is 31.2 Å². The molecule has 0 fully saturated rings. The molecule has 1 aromatic carbocycles. The first-order chi connectivity index (χ1) is 11.7. The summed E-state index contributed by atoms with van der Waals surface area (Å²) >= 11 is 0. The molecular weight excluding hydrogens is 350 g/mol. The Labute approximate surface area is 144 Å². The number of rotatable bonds is 3. The van der Waals surface area contributed by atoms with Crippen LogP contribution in [0.1, 0.15) is 11.3 Å². The van der Waals surface area contributed by atoms with E-state index in [0.29, 0.717) is 0 Å². The zero-order valence-corrected chi connectivity index (χ0v) is 13.9. The first-order valence-electron chi connectivity index (χ1n) is 6.68. The first kappa shape index (κ1) is 20.0. The molecule has 2 rings (SSSR count). The maximum atomic E-state index is 10.5. The van der Waals surface area contributed by atoms with Crippen molar-refractivity contribution in [1.29, 1.82) is 0 Å². The Morgan fingerprint density at radius 2 is 1.92 bits per heavy atom. The molecule has 2 aromatic rings. The van der Waals surface area contributed by atoms with Gasteiger partial charge in [-0.15, -0.1) is 5.10 Å². The Morgan fingerprint density at radius 1 is 1.28 bits per heavy atom. The van der Waals surface area contributed by atoms with Crippen LogP contribution >= 0.6 is 0 Å². The number of hydroxylamine groups is 1. The molecule has 0 spiro atoms. The van der Waals surface area contributed by atoms with Crippen molar-refractivity contribution >= 4 is 22.3 Å². The summed E-state index contributed by atoms with van der Waals surface area (Å²) in [5.74, 6) is -0.265. The molecule has 25 heavy (non-hydrogen) atoms. The molecule has 0 aliphatic carbocycles.